The van der Waals surface area contributed by atoms with E-state index >= 15 is 0 Å². The molecule has 2 fully saturated rings. The first-order chi connectivity index (χ1) is 10.8. The molecule has 5 heteroatoms. The molecular formula is C17H24N2O3. The van der Waals surface area contributed by atoms with Crippen LogP contribution in [-0.4, -0.2) is 49.7 Å². The van der Waals surface area contributed by atoms with E-state index in [9.17, 15) is 0 Å². The molecule has 0 aromatic heterocycles. The zero-order valence-corrected chi connectivity index (χ0v) is 13.3. The Balaban J connectivity index is 1.64. The average Bonchev–Trinajstić information content (AvgIpc) is 2.98. The molecule has 0 radical (unpaired) electrons. The van der Waals surface area contributed by atoms with Gasteiger partial charge < -0.3 is 14.2 Å². The molecule has 120 valence electrons. The van der Waals surface area contributed by atoms with Gasteiger partial charge in [-0.2, -0.15) is 5.10 Å². The molecule has 0 aliphatic carbocycles. The van der Waals surface area contributed by atoms with E-state index in [0.717, 1.165) is 37.3 Å². The molecule has 2 saturated heterocycles. The fourth-order valence-electron chi connectivity index (χ4n) is 2.96. The summed E-state index contributed by atoms with van der Waals surface area (Å²) in [6, 6.07) is 10.4. The van der Waals surface area contributed by atoms with Crippen LogP contribution in [0.2, 0.25) is 0 Å². The van der Waals surface area contributed by atoms with Gasteiger partial charge in [0.2, 0.25) is 0 Å². The summed E-state index contributed by atoms with van der Waals surface area (Å²) < 4.78 is 17.1. The van der Waals surface area contributed by atoms with Gasteiger partial charge in [0, 0.05) is 19.2 Å². The second-order valence-electron chi connectivity index (χ2n) is 5.84. The van der Waals surface area contributed by atoms with E-state index in [4.69, 9.17) is 19.3 Å². The third-order valence-corrected chi connectivity index (χ3v) is 4.21. The van der Waals surface area contributed by atoms with Crippen molar-refractivity contribution in [3.8, 4) is 0 Å². The standard InChI is InChI=1S/C17H24N2O3/c1-13-16(18-19-10-6-9-15(19)11-20-2)12-21-17(22-13)14-7-4-3-5-8-14/h3-5,7-8,13,15,17H,6,9-12H2,1-2H3/b18-16+/t13-,15-,17+/m1/s1. The molecule has 0 spiro atoms. The maximum atomic E-state index is 5.98. The summed E-state index contributed by atoms with van der Waals surface area (Å²) in [7, 11) is 1.74. The summed E-state index contributed by atoms with van der Waals surface area (Å²) in [6.07, 6.45) is 1.95. The van der Waals surface area contributed by atoms with Crippen molar-refractivity contribution in [2.24, 2.45) is 5.10 Å². The Labute approximate surface area is 131 Å². The number of ether oxygens (including phenoxy) is 3. The monoisotopic (exact) mass is 304 g/mol. The molecule has 3 rings (SSSR count). The number of benzene rings is 1. The van der Waals surface area contributed by atoms with Crippen molar-refractivity contribution in [2.75, 3.05) is 26.9 Å². The number of methoxy groups -OCH3 is 1. The number of nitrogens with zero attached hydrogens (tertiary/aromatic N) is 2. The topological polar surface area (TPSA) is 43.3 Å². The predicted molar refractivity (Wildman–Crippen MR) is 84.7 cm³/mol. The second-order valence-corrected chi connectivity index (χ2v) is 5.84. The van der Waals surface area contributed by atoms with Crippen LogP contribution in [-0.2, 0) is 14.2 Å². The van der Waals surface area contributed by atoms with Crippen LogP contribution in [0.5, 0.6) is 0 Å². The SMILES string of the molecule is COC[C@H]1CCCN1/N=C1\CO[C@H](c2ccccc2)O[C@@H]1C. The molecule has 0 N–H and O–H groups in total. The Morgan fingerprint density at radius 2 is 2.14 bits per heavy atom. The van der Waals surface area contributed by atoms with Crippen molar-refractivity contribution < 1.29 is 14.2 Å². The lowest BCUT2D eigenvalue weighted by Gasteiger charge is -2.31. The fourth-order valence-corrected chi connectivity index (χ4v) is 2.96. The molecule has 0 saturated carbocycles. The zero-order valence-electron chi connectivity index (χ0n) is 13.3. The van der Waals surface area contributed by atoms with Gasteiger partial charge in [0.25, 0.3) is 0 Å². The van der Waals surface area contributed by atoms with Gasteiger partial charge in [0.05, 0.1) is 25.0 Å². The molecule has 3 atom stereocenters. The summed E-state index contributed by atoms with van der Waals surface area (Å²) >= 11 is 0. The summed E-state index contributed by atoms with van der Waals surface area (Å²) in [5.41, 5.74) is 2.00. The highest BCUT2D eigenvalue weighted by molar-refractivity contribution is 5.89. The summed E-state index contributed by atoms with van der Waals surface area (Å²) in [5.74, 6) is 0. The normalized spacial score (nSPS) is 30.9. The lowest BCUT2D eigenvalue weighted by molar-refractivity contribution is -0.168. The van der Waals surface area contributed by atoms with Crippen molar-refractivity contribution in [1.29, 1.82) is 0 Å². The van der Waals surface area contributed by atoms with Gasteiger partial charge in [-0.15, -0.1) is 0 Å². The fraction of sp³-hybridized carbons (Fsp3) is 0.588. The molecule has 5 nitrogen and oxygen atoms in total. The third kappa shape index (κ3) is 3.48. The number of rotatable bonds is 4. The van der Waals surface area contributed by atoms with E-state index in [1.54, 1.807) is 7.11 Å². The average molecular weight is 304 g/mol. The van der Waals surface area contributed by atoms with Gasteiger partial charge in [-0.05, 0) is 19.8 Å². The first kappa shape index (κ1) is 15.5. The van der Waals surface area contributed by atoms with Crippen LogP contribution in [0.1, 0.15) is 31.6 Å². The highest BCUT2D eigenvalue weighted by Gasteiger charge is 2.29. The van der Waals surface area contributed by atoms with Gasteiger partial charge in [-0.25, -0.2) is 0 Å². The first-order valence-electron chi connectivity index (χ1n) is 7.93. The molecule has 2 aliphatic rings. The van der Waals surface area contributed by atoms with E-state index in [1.165, 1.54) is 0 Å². The van der Waals surface area contributed by atoms with E-state index < -0.39 is 0 Å². The minimum Gasteiger partial charge on any atom is -0.382 e. The Morgan fingerprint density at radius 1 is 1.32 bits per heavy atom. The van der Waals surface area contributed by atoms with Crippen LogP contribution in [0, 0.1) is 0 Å². The van der Waals surface area contributed by atoms with Gasteiger partial charge in [-0.1, -0.05) is 30.3 Å². The number of hydrogen-bond acceptors (Lipinski definition) is 5. The van der Waals surface area contributed by atoms with Crippen LogP contribution in [0.25, 0.3) is 0 Å². The largest absolute Gasteiger partial charge is 0.382 e. The molecular weight excluding hydrogens is 280 g/mol. The van der Waals surface area contributed by atoms with Crippen molar-refractivity contribution in [2.45, 2.75) is 38.2 Å². The van der Waals surface area contributed by atoms with Crippen molar-refractivity contribution in [1.82, 2.24) is 5.01 Å². The van der Waals surface area contributed by atoms with E-state index in [2.05, 4.69) is 5.01 Å². The molecule has 2 heterocycles. The maximum Gasteiger partial charge on any atom is 0.185 e. The Kier molecular flexibility index (Phi) is 5.08. The maximum absolute atomic E-state index is 5.98. The lowest BCUT2D eigenvalue weighted by Crippen LogP contribution is -2.38. The predicted octanol–water partition coefficient (Wildman–Crippen LogP) is 2.59. The van der Waals surface area contributed by atoms with E-state index in [-0.39, 0.29) is 12.4 Å². The van der Waals surface area contributed by atoms with Crippen molar-refractivity contribution >= 4 is 5.71 Å². The van der Waals surface area contributed by atoms with Crippen LogP contribution in [0.15, 0.2) is 35.4 Å². The minimum absolute atomic E-state index is 0.0391. The molecule has 1 aromatic rings. The van der Waals surface area contributed by atoms with Crippen LogP contribution < -0.4 is 0 Å². The third-order valence-electron chi connectivity index (χ3n) is 4.21. The molecule has 0 bridgehead atoms. The Hall–Kier alpha value is -1.43. The summed E-state index contributed by atoms with van der Waals surface area (Å²) in [4.78, 5) is 0. The Bertz CT molecular complexity index is 506. The molecule has 1 aromatic carbocycles. The van der Waals surface area contributed by atoms with Gasteiger partial charge >= 0.3 is 0 Å². The second kappa shape index (κ2) is 7.22. The highest BCUT2D eigenvalue weighted by atomic mass is 16.7. The zero-order chi connectivity index (χ0) is 15.4. The van der Waals surface area contributed by atoms with E-state index in [0.29, 0.717) is 12.6 Å². The van der Waals surface area contributed by atoms with Crippen LogP contribution in [0.3, 0.4) is 0 Å². The van der Waals surface area contributed by atoms with Crippen molar-refractivity contribution in [3.63, 3.8) is 0 Å². The van der Waals surface area contributed by atoms with Gasteiger partial charge in [0.15, 0.2) is 6.29 Å². The lowest BCUT2D eigenvalue weighted by atomic mass is 10.2. The Morgan fingerprint density at radius 3 is 2.86 bits per heavy atom. The van der Waals surface area contributed by atoms with Crippen LogP contribution in [0.4, 0.5) is 0 Å². The number of hydrogen-bond donors (Lipinski definition) is 0. The minimum atomic E-state index is -0.302. The van der Waals surface area contributed by atoms with E-state index in [1.807, 2.05) is 37.3 Å². The molecule has 0 amide bonds. The smallest absolute Gasteiger partial charge is 0.185 e. The highest BCUT2D eigenvalue weighted by Crippen LogP contribution is 2.26. The molecule has 2 aliphatic heterocycles. The van der Waals surface area contributed by atoms with Crippen LogP contribution >= 0.6 is 0 Å². The molecule has 0 unspecified atom stereocenters. The van der Waals surface area contributed by atoms with Gasteiger partial charge in [0.1, 0.15) is 6.10 Å². The number of hydrazone groups is 1. The van der Waals surface area contributed by atoms with Crippen molar-refractivity contribution in [3.05, 3.63) is 35.9 Å². The van der Waals surface area contributed by atoms with Gasteiger partial charge in [-0.3, -0.25) is 5.01 Å². The quantitative estimate of drug-likeness (QED) is 0.857. The summed E-state index contributed by atoms with van der Waals surface area (Å²) in [6.45, 7) is 4.25. The molecule has 22 heavy (non-hydrogen) atoms. The first-order valence-corrected chi connectivity index (χ1v) is 7.93. The summed E-state index contributed by atoms with van der Waals surface area (Å²) in [5, 5.41) is 6.89.